The molecule has 0 saturated carbocycles. The number of carbonyl (C=O) groups excluding carboxylic acids is 2. The Bertz CT molecular complexity index is 435. The number of benzene rings is 1. The summed E-state index contributed by atoms with van der Waals surface area (Å²) in [6, 6.07) is 4.96. The van der Waals surface area contributed by atoms with E-state index in [-0.39, 0.29) is 18.3 Å². The highest BCUT2D eigenvalue weighted by molar-refractivity contribution is 5.96. The Morgan fingerprint density at radius 1 is 1.33 bits per heavy atom. The van der Waals surface area contributed by atoms with Crippen molar-refractivity contribution in [1.29, 1.82) is 0 Å². The molecule has 18 heavy (non-hydrogen) atoms. The number of rotatable bonds is 5. The molecule has 0 atom stereocenters. The van der Waals surface area contributed by atoms with Gasteiger partial charge in [-0.15, -0.1) is 12.4 Å². The predicted octanol–water partition coefficient (Wildman–Crippen LogP) is 1.19. The lowest BCUT2D eigenvalue weighted by molar-refractivity contribution is -0.116. The molecule has 1 aromatic rings. The molecule has 0 heterocycles. The lowest BCUT2D eigenvalue weighted by atomic mass is 10.1. The normalized spacial score (nSPS) is 9.44. The third kappa shape index (κ3) is 4.73. The van der Waals surface area contributed by atoms with E-state index >= 15 is 0 Å². The van der Waals surface area contributed by atoms with Gasteiger partial charge in [-0.3, -0.25) is 9.59 Å². The summed E-state index contributed by atoms with van der Waals surface area (Å²) in [7, 11) is 0. The fourth-order valence-corrected chi connectivity index (χ4v) is 1.39. The van der Waals surface area contributed by atoms with Crippen LogP contribution in [0.2, 0.25) is 0 Å². The first-order chi connectivity index (χ1) is 8.04. The molecular formula is C12H18ClN3O2. The highest BCUT2D eigenvalue weighted by Gasteiger charge is 2.07. The van der Waals surface area contributed by atoms with Crippen LogP contribution < -0.4 is 16.8 Å². The van der Waals surface area contributed by atoms with Gasteiger partial charge in [0.05, 0.1) is 0 Å². The first-order valence-corrected chi connectivity index (χ1v) is 5.45. The molecule has 5 N–H and O–H groups in total. The van der Waals surface area contributed by atoms with Gasteiger partial charge in [0.25, 0.3) is 0 Å². The fraction of sp³-hybridized carbons (Fsp3) is 0.333. The first-order valence-electron chi connectivity index (χ1n) is 5.45. The van der Waals surface area contributed by atoms with Crippen molar-refractivity contribution >= 4 is 29.9 Å². The molecule has 6 heteroatoms. The smallest absolute Gasteiger partial charge is 0.248 e. The second-order valence-electron chi connectivity index (χ2n) is 3.83. The minimum Gasteiger partial charge on any atom is -0.366 e. The zero-order valence-corrected chi connectivity index (χ0v) is 11.0. The number of halogens is 1. The third-order valence-corrected chi connectivity index (χ3v) is 2.40. The van der Waals surface area contributed by atoms with Gasteiger partial charge in [0, 0.05) is 17.7 Å². The van der Waals surface area contributed by atoms with Crippen LogP contribution in [-0.4, -0.2) is 18.4 Å². The molecule has 5 nitrogen and oxygen atoms in total. The van der Waals surface area contributed by atoms with Gasteiger partial charge in [0.1, 0.15) is 0 Å². The quantitative estimate of drug-likeness (QED) is 0.750. The van der Waals surface area contributed by atoms with E-state index in [2.05, 4.69) is 5.32 Å². The maximum atomic E-state index is 11.5. The minimum atomic E-state index is -0.512. The van der Waals surface area contributed by atoms with E-state index in [4.69, 9.17) is 11.5 Å². The fourth-order valence-electron chi connectivity index (χ4n) is 1.39. The zero-order valence-electron chi connectivity index (χ0n) is 10.2. The molecule has 0 aliphatic rings. The topological polar surface area (TPSA) is 98.2 Å². The summed E-state index contributed by atoms with van der Waals surface area (Å²) in [6.07, 6.45) is 1.01. The highest BCUT2D eigenvalue weighted by atomic mass is 35.5. The molecule has 1 aromatic carbocycles. The average Bonchev–Trinajstić information content (AvgIpc) is 2.29. The van der Waals surface area contributed by atoms with Crippen molar-refractivity contribution in [3.05, 3.63) is 29.3 Å². The van der Waals surface area contributed by atoms with E-state index in [0.29, 0.717) is 30.6 Å². The average molecular weight is 272 g/mol. The molecule has 2 amide bonds. The second-order valence-corrected chi connectivity index (χ2v) is 3.83. The summed E-state index contributed by atoms with van der Waals surface area (Å²) >= 11 is 0. The molecule has 1 rings (SSSR count). The first kappa shape index (κ1) is 16.4. The van der Waals surface area contributed by atoms with E-state index in [1.807, 2.05) is 6.92 Å². The number of carbonyl (C=O) groups is 2. The number of nitrogens with two attached hydrogens (primary N) is 2. The van der Waals surface area contributed by atoms with Gasteiger partial charge in [-0.2, -0.15) is 0 Å². The number of hydrogen-bond acceptors (Lipinski definition) is 3. The number of primary amides is 1. The molecule has 0 bridgehead atoms. The van der Waals surface area contributed by atoms with E-state index in [1.54, 1.807) is 18.2 Å². The monoisotopic (exact) mass is 271 g/mol. The number of amides is 2. The Balaban J connectivity index is 0.00000289. The standard InChI is InChI=1S/C12H17N3O2.ClH/c1-8-4-5-9(12(14)17)7-10(8)15-11(16)3-2-6-13;/h4-5,7H,2-3,6,13H2,1H3,(H2,14,17)(H,15,16);1H. The molecular weight excluding hydrogens is 254 g/mol. The SMILES string of the molecule is Cc1ccc(C(N)=O)cc1NC(=O)CCCN.Cl. The summed E-state index contributed by atoms with van der Waals surface area (Å²) in [5, 5.41) is 2.74. The van der Waals surface area contributed by atoms with Crippen LogP contribution in [0.25, 0.3) is 0 Å². The number of aryl methyl sites for hydroxylation is 1. The Morgan fingerprint density at radius 3 is 2.56 bits per heavy atom. The number of anilines is 1. The zero-order chi connectivity index (χ0) is 12.8. The van der Waals surface area contributed by atoms with Crippen LogP contribution in [0.3, 0.4) is 0 Å². The Labute approximate surface area is 112 Å². The van der Waals surface area contributed by atoms with Crippen LogP contribution in [0, 0.1) is 6.92 Å². The summed E-state index contributed by atoms with van der Waals surface area (Å²) in [5.74, 6) is -0.623. The molecule has 0 radical (unpaired) electrons. The Kier molecular flexibility index (Phi) is 7.00. The summed E-state index contributed by atoms with van der Waals surface area (Å²) in [4.78, 5) is 22.5. The van der Waals surface area contributed by atoms with E-state index in [1.165, 1.54) is 0 Å². The van der Waals surface area contributed by atoms with Crippen LogP contribution in [0.1, 0.15) is 28.8 Å². The van der Waals surface area contributed by atoms with Crippen LogP contribution in [0.4, 0.5) is 5.69 Å². The van der Waals surface area contributed by atoms with Crippen molar-refractivity contribution in [3.8, 4) is 0 Å². The molecule has 0 unspecified atom stereocenters. The minimum absolute atomic E-state index is 0. The summed E-state index contributed by atoms with van der Waals surface area (Å²) < 4.78 is 0. The number of nitrogens with one attached hydrogen (secondary N) is 1. The number of hydrogen-bond donors (Lipinski definition) is 3. The van der Waals surface area contributed by atoms with E-state index in [9.17, 15) is 9.59 Å². The molecule has 0 aromatic heterocycles. The van der Waals surface area contributed by atoms with E-state index in [0.717, 1.165) is 5.56 Å². The van der Waals surface area contributed by atoms with E-state index < -0.39 is 5.91 Å². The van der Waals surface area contributed by atoms with Gasteiger partial charge in [-0.05, 0) is 37.6 Å². The second kappa shape index (κ2) is 7.68. The van der Waals surface area contributed by atoms with Crippen molar-refractivity contribution in [2.75, 3.05) is 11.9 Å². The van der Waals surface area contributed by atoms with Crippen molar-refractivity contribution in [1.82, 2.24) is 0 Å². The van der Waals surface area contributed by atoms with Crippen molar-refractivity contribution in [2.45, 2.75) is 19.8 Å². The molecule has 0 spiro atoms. The van der Waals surface area contributed by atoms with Gasteiger partial charge in [0.2, 0.25) is 11.8 Å². The Morgan fingerprint density at radius 2 is 2.00 bits per heavy atom. The molecule has 0 fully saturated rings. The lowest BCUT2D eigenvalue weighted by Crippen LogP contribution is -2.16. The van der Waals surface area contributed by atoms with Crippen LogP contribution in [0.15, 0.2) is 18.2 Å². The van der Waals surface area contributed by atoms with Gasteiger partial charge in [-0.1, -0.05) is 6.07 Å². The summed E-state index contributed by atoms with van der Waals surface area (Å²) in [6.45, 7) is 2.33. The molecule has 0 saturated heterocycles. The molecule has 0 aliphatic carbocycles. The van der Waals surface area contributed by atoms with Crippen LogP contribution >= 0.6 is 12.4 Å². The van der Waals surface area contributed by atoms with Gasteiger partial charge in [0.15, 0.2) is 0 Å². The maximum Gasteiger partial charge on any atom is 0.248 e. The maximum absolute atomic E-state index is 11.5. The van der Waals surface area contributed by atoms with Gasteiger partial charge >= 0.3 is 0 Å². The van der Waals surface area contributed by atoms with Crippen molar-refractivity contribution in [3.63, 3.8) is 0 Å². The third-order valence-electron chi connectivity index (χ3n) is 2.40. The molecule has 0 aliphatic heterocycles. The lowest BCUT2D eigenvalue weighted by Gasteiger charge is -2.09. The Hall–Kier alpha value is -1.59. The highest BCUT2D eigenvalue weighted by Crippen LogP contribution is 2.17. The predicted molar refractivity (Wildman–Crippen MR) is 73.9 cm³/mol. The largest absolute Gasteiger partial charge is 0.366 e. The van der Waals surface area contributed by atoms with Crippen LogP contribution in [0.5, 0.6) is 0 Å². The molecule has 100 valence electrons. The van der Waals surface area contributed by atoms with Crippen molar-refractivity contribution < 1.29 is 9.59 Å². The van der Waals surface area contributed by atoms with Crippen molar-refractivity contribution in [2.24, 2.45) is 11.5 Å². The van der Waals surface area contributed by atoms with Crippen LogP contribution in [-0.2, 0) is 4.79 Å². The van der Waals surface area contributed by atoms with Gasteiger partial charge in [-0.25, -0.2) is 0 Å². The summed E-state index contributed by atoms with van der Waals surface area (Å²) in [5.41, 5.74) is 12.4. The van der Waals surface area contributed by atoms with Gasteiger partial charge < -0.3 is 16.8 Å².